The number of nitrogens with one attached hydrogen (secondary N) is 3. The zero-order valence-corrected chi connectivity index (χ0v) is 18.1. The molecule has 11 heteroatoms. The van der Waals surface area contributed by atoms with Gasteiger partial charge in [0.05, 0.1) is 17.6 Å². The molecule has 1 amide bonds. The Hall–Kier alpha value is -4.41. The van der Waals surface area contributed by atoms with Crippen LogP contribution in [0.4, 0.5) is 30.5 Å². The van der Waals surface area contributed by atoms with Crippen molar-refractivity contribution in [3.63, 3.8) is 0 Å². The van der Waals surface area contributed by atoms with Gasteiger partial charge < -0.3 is 15.2 Å². The van der Waals surface area contributed by atoms with Gasteiger partial charge in [0.2, 0.25) is 5.95 Å². The molecule has 0 atom stereocenters. The molecule has 0 unspecified atom stereocenters. The summed E-state index contributed by atoms with van der Waals surface area (Å²) in [6, 6.07) is 9.28. The quantitative estimate of drug-likeness (QED) is 0.398. The van der Waals surface area contributed by atoms with Gasteiger partial charge in [-0.15, -0.1) is 0 Å². The lowest BCUT2D eigenvalue weighted by Gasteiger charge is -2.14. The maximum atomic E-state index is 13.5. The van der Waals surface area contributed by atoms with E-state index in [1.165, 1.54) is 35.3 Å². The average molecular weight is 468 g/mol. The molecule has 0 bridgehead atoms. The number of aromatic amines is 1. The van der Waals surface area contributed by atoms with Gasteiger partial charge in [-0.1, -0.05) is 6.07 Å². The Morgan fingerprint density at radius 3 is 2.53 bits per heavy atom. The van der Waals surface area contributed by atoms with Crippen molar-refractivity contribution in [2.45, 2.75) is 20.0 Å². The van der Waals surface area contributed by atoms with Crippen LogP contribution in [0, 0.1) is 13.8 Å². The first-order chi connectivity index (χ1) is 16.1. The maximum Gasteiger partial charge on any atom is 0.416 e. The Morgan fingerprint density at radius 2 is 1.85 bits per heavy atom. The lowest BCUT2D eigenvalue weighted by atomic mass is 10.1. The van der Waals surface area contributed by atoms with E-state index >= 15 is 0 Å². The van der Waals surface area contributed by atoms with Crippen LogP contribution in [0.25, 0.3) is 5.69 Å². The van der Waals surface area contributed by atoms with E-state index in [1.54, 1.807) is 32.2 Å². The molecule has 0 aliphatic rings. The van der Waals surface area contributed by atoms with Crippen LogP contribution in [-0.4, -0.2) is 25.4 Å². The van der Waals surface area contributed by atoms with Crippen molar-refractivity contribution in [3.05, 3.63) is 93.9 Å². The average Bonchev–Trinajstić information content (AvgIpc) is 3.21. The molecular weight excluding hydrogens is 449 g/mol. The Morgan fingerprint density at radius 1 is 1.06 bits per heavy atom. The fraction of sp³-hybridized carbons (Fsp3) is 0.130. The summed E-state index contributed by atoms with van der Waals surface area (Å²) in [7, 11) is 0. The van der Waals surface area contributed by atoms with Crippen molar-refractivity contribution in [2.75, 3.05) is 10.6 Å². The van der Waals surface area contributed by atoms with Crippen molar-refractivity contribution in [3.8, 4) is 5.69 Å². The summed E-state index contributed by atoms with van der Waals surface area (Å²) in [6.45, 7) is 3.51. The van der Waals surface area contributed by atoms with Gasteiger partial charge in [-0.25, -0.2) is 9.97 Å². The summed E-state index contributed by atoms with van der Waals surface area (Å²) in [4.78, 5) is 34.9. The molecule has 3 N–H and O–H groups in total. The summed E-state index contributed by atoms with van der Waals surface area (Å²) < 4.78 is 41.9. The molecule has 0 aliphatic heterocycles. The lowest BCUT2D eigenvalue weighted by Crippen LogP contribution is -2.15. The molecule has 2 heterocycles. The van der Waals surface area contributed by atoms with Crippen LogP contribution in [0.2, 0.25) is 0 Å². The van der Waals surface area contributed by atoms with Gasteiger partial charge in [-0.3, -0.25) is 14.6 Å². The number of imidazole rings is 1. The second-order valence-electron chi connectivity index (χ2n) is 7.58. The first-order valence-electron chi connectivity index (χ1n) is 10.1. The number of nitrogens with zero attached hydrogens (tertiary/aromatic N) is 3. The number of halogens is 3. The van der Waals surface area contributed by atoms with Gasteiger partial charge >= 0.3 is 6.18 Å². The van der Waals surface area contributed by atoms with Crippen LogP contribution in [0.1, 0.15) is 27.2 Å². The summed E-state index contributed by atoms with van der Waals surface area (Å²) in [5, 5.41) is 5.46. The highest BCUT2D eigenvalue weighted by molar-refractivity contribution is 6.05. The SMILES string of the molecule is Cc1cn(-c2cc(NC(=O)c3ccc(C)c(Nc4nccc(=O)[nH]4)c3)cc(C(F)(F)F)c2)cn1. The molecule has 4 rings (SSSR count). The largest absolute Gasteiger partial charge is 0.416 e. The standard InChI is InChI=1S/C23H19F3N6O2/c1-13-3-4-15(7-19(13)30-22-27-6-5-20(33)31-22)21(34)29-17-8-16(23(24,25)26)9-18(10-17)32-11-14(2)28-12-32/h3-12H,1-2H3,(H,29,34)(H2,27,30,31,33). The summed E-state index contributed by atoms with van der Waals surface area (Å²) in [5.41, 5.74) is 1.03. The highest BCUT2D eigenvalue weighted by Gasteiger charge is 2.31. The molecule has 0 fully saturated rings. The van der Waals surface area contributed by atoms with E-state index in [0.29, 0.717) is 11.4 Å². The predicted octanol–water partition coefficient (Wildman–Crippen LogP) is 4.59. The molecule has 4 aromatic rings. The summed E-state index contributed by atoms with van der Waals surface area (Å²) >= 11 is 0. The summed E-state index contributed by atoms with van der Waals surface area (Å²) in [6.07, 6.45) is -0.289. The third kappa shape index (κ3) is 5.14. The van der Waals surface area contributed by atoms with Crippen LogP contribution < -0.4 is 16.2 Å². The number of benzene rings is 2. The number of amides is 1. The van der Waals surface area contributed by atoms with Crippen molar-refractivity contribution in [2.24, 2.45) is 0 Å². The van der Waals surface area contributed by atoms with Crippen LogP contribution in [0.3, 0.4) is 0 Å². The van der Waals surface area contributed by atoms with E-state index in [2.05, 4.69) is 25.6 Å². The maximum absolute atomic E-state index is 13.5. The highest BCUT2D eigenvalue weighted by Crippen LogP contribution is 2.33. The van der Waals surface area contributed by atoms with Crippen LogP contribution in [0.15, 0.2) is 66.0 Å². The number of anilines is 3. The number of rotatable bonds is 5. The van der Waals surface area contributed by atoms with E-state index < -0.39 is 17.6 Å². The van der Waals surface area contributed by atoms with Gasteiger partial charge in [-0.05, 0) is 49.7 Å². The minimum atomic E-state index is -4.61. The van der Waals surface area contributed by atoms with Gasteiger partial charge in [0.1, 0.15) is 0 Å². The predicted molar refractivity (Wildman–Crippen MR) is 121 cm³/mol. The Kier molecular flexibility index (Phi) is 5.93. The Labute approximate surface area is 191 Å². The minimum Gasteiger partial charge on any atom is -0.325 e. The molecule has 0 saturated heterocycles. The number of alkyl halides is 3. The summed E-state index contributed by atoms with van der Waals surface area (Å²) in [5.74, 6) is -0.420. The smallest absolute Gasteiger partial charge is 0.325 e. The first kappa shape index (κ1) is 22.8. The molecule has 2 aromatic carbocycles. The number of hydrogen-bond acceptors (Lipinski definition) is 5. The van der Waals surface area contributed by atoms with E-state index in [0.717, 1.165) is 17.7 Å². The van der Waals surface area contributed by atoms with E-state index in [4.69, 9.17) is 0 Å². The number of aromatic nitrogens is 4. The minimum absolute atomic E-state index is 0.0229. The van der Waals surface area contributed by atoms with Gasteiger partial charge in [0.15, 0.2) is 0 Å². The van der Waals surface area contributed by atoms with Gasteiger partial charge in [0.25, 0.3) is 11.5 Å². The number of carbonyl (C=O) groups is 1. The number of H-pyrrole nitrogens is 1. The zero-order chi connectivity index (χ0) is 24.5. The fourth-order valence-electron chi connectivity index (χ4n) is 3.22. The molecule has 0 saturated carbocycles. The first-order valence-corrected chi connectivity index (χ1v) is 10.1. The third-order valence-corrected chi connectivity index (χ3v) is 4.94. The van der Waals surface area contributed by atoms with Gasteiger partial charge in [0, 0.05) is 41.1 Å². The second kappa shape index (κ2) is 8.85. The highest BCUT2D eigenvalue weighted by atomic mass is 19.4. The van der Waals surface area contributed by atoms with Crippen LogP contribution in [-0.2, 0) is 6.18 Å². The molecular formula is C23H19F3N6O2. The zero-order valence-electron chi connectivity index (χ0n) is 18.1. The topological polar surface area (TPSA) is 105 Å². The van der Waals surface area contributed by atoms with Crippen molar-refractivity contribution < 1.29 is 18.0 Å². The Bertz CT molecular complexity index is 1420. The van der Waals surface area contributed by atoms with E-state index in [-0.39, 0.29) is 28.4 Å². The fourth-order valence-corrected chi connectivity index (χ4v) is 3.22. The Balaban J connectivity index is 1.64. The van der Waals surface area contributed by atoms with E-state index in [1.807, 2.05) is 0 Å². The molecule has 8 nitrogen and oxygen atoms in total. The van der Waals surface area contributed by atoms with Crippen molar-refractivity contribution in [1.29, 1.82) is 0 Å². The van der Waals surface area contributed by atoms with Crippen molar-refractivity contribution in [1.82, 2.24) is 19.5 Å². The van der Waals surface area contributed by atoms with Crippen LogP contribution >= 0.6 is 0 Å². The molecule has 0 aliphatic carbocycles. The van der Waals surface area contributed by atoms with E-state index in [9.17, 15) is 22.8 Å². The van der Waals surface area contributed by atoms with Crippen molar-refractivity contribution >= 4 is 23.2 Å². The number of aryl methyl sites for hydroxylation is 2. The molecule has 174 valence electrons. The lowest BCUT2D eigenvalue weighted by molar-refractivity contribution is -0.137. The molecule has 0 radical (unpaired) electrons. The number of hydrogen-bond donors (Lipinski definition) is 3. The second-order valence-corrected chi connectivity index (χ2v) is 7.58. The number of carbonyl (C=O) groups excluding carboxylic acids is 1. The molecule has 2 aromatic heterocycles. The molecule has 0 spiro atoms. The third-order valence-electron chi connectivity index (χ3n) is 4.94. The van der Waals surface area contributed by atoms with Gasteiger partial charge in [-0.2, -0.15) is 13.2 Å². The molecule has 34 heavy (non-hydrogen) atoms. The van der Waals surface area contributed by atoms with Crippen LogP contribution in [0.5, 0.6) is 0 Å². The monoisotopic (exact) mass is 468 g/mol. The normalized spacial score (nSPS) is 11.3.